The molecule has 8 nitrogen and oxygen atoms in total. The molecule has 3 heterocycles. The number of amides is 1. The summed E-state index contributed by atoms with van der Waals surface area (Å²) in [6.45, 7) is 3.03. The Balaban J connectivity index is 1.40. The molecule has 2 N–H and O–H groups in total. The van der Waals surface area contributed by atoms with Crippen LogP contribution >= 0.6 is 0 Å². The molecule has 0 radical (unpaired) electrons. The molecule has 2 aromatic heterocycles. The highest BCUT2D eigenvalue weighted by atomic mass is 19.1. The molecular weight excluding hydrogens is 401 g/mol. The fourth-order valence-electron chi connectivity index (χ4n) is 3.72. The first-order valence-electron chi connectivity index (χ1n) is 9.93. The SMILES string of the molecule is COc1cc2[nH]nc(-c3cc(-c4ccc(C(=O)N5CCNCC5)cc4)no3)c2cc1F. The Labute approximate surface area is 177 Å². The molecule has 1 fully saturated rings. The maximum Gasteiger partial charge on any atom is 0.253 e. The van der Waals surface area contributed by atoms with E-state index in [2.05, 4.69) is 20.7 Å². The van der Waals surface area contributed by atoms with Gasteiger partial charge in [0.2, 0.25) is 0 Å². The van der Waals surface area contributed by atoms with Gasteiger partial charge < -0.3 is 19.5 Å². The van der Waals surface area contributed by atoms with Crippen molar-refractivity contribution in [2.45, 2.75) is 0 Å². The number of nitrogens with one attached hydrogen (secondary N) is 2. The van der Waals surface area contributed by atoms with E-state index in [4.69, 9.17) is 9.26 Å². The zero-order valence-electron chi connectivity index (χ0n) is 16.8. The number of aromatic nitrogens is 3. The van der Waals surface area contributed by atoms with Crippen LogP contribution in [0.25, 0.3) is 33.6 Å². The van der Waals surface area contributed by atoms with Crippen LogP contribution in [0.2, 0.25) is 0 Å². The van der Waals surface area contributed by atoms with E-state index in [-0.39, 0.29) is 11.7 Å². The van der Waals surface area contributed by atoms with Gasteiger partial charge in [-0.05, 0) is 18.2 Å². The van der Waals surface area contributed by atoms with Crippen LogP contribution in [0.4, 0.5) is 4.39 Å². The van der Waals surface area contributed by atoms with Gasteiger partial charge in [-0.25, -0.2) is 4.39 Å². The second-order valence-electron chi connectivity index (χ2n) is 7.30. The van der Waals surface area contributed by atoms with Gasteiger partial charge >= 0.3 is 0 Å². The van der Waals surface area contributed by atoms with Crippen LogP contribution in [0.5, 0.6) is 5.75 Å². The van der Waals surface area contributed by atoms with Gasteiger partial charge in [0.15, 0.2) is 17.3 Å². The second-order valence-corrected chi connectivity index (χ2v) is 7.30. The summed E-state index contributed by atoms with van der Waals surface area (Å²) in [5, 5.41) is 15.0. The van der Waals surface area contributed by atoms with Gasteiger partial charge in [0.1, 0.15) is 11.4 Å². The Kier molecular flexibility index (Phi) is 4.87. The molecule has 0 atom stereocenters. The highest BCUT2D eigenvalue weighted by molar-refractivity contribution is 5.95. The number of halogens is 1. The quantitative estimate of drug-likeness (QED) is 0.526. The lowest BCUT2D eigenvalue weighted by atomic mass is 10.1. The number of benzene rings is 2. The Morgan fingerprint density at radius 1 is 1.16 bits per heavy atom. The molecule has 5 rings (SSSR count). The van der Waals surface area contributed by atoms with Crippen LogP contribution in [-0.2, 0) is 0 Å². The van der Waals surface area contributed by atoms with Gasteiger partial charge in [0, 0.05) is 54.8 Å². The summed E-state index contributed by atoms with van der Waals surface area (Å²) in [7, 11) is 1.41. The average Bonchev–Trinajstić information content (AvgIpc) is 3.45. The van der Waals surface area contributed by atoms with Gasteiger partial charge in [-0.2, -0.15) is 5.10 Å². The minimum Gasteiger partial charge on any atom is -0.494 e. The number of methoxy groups -OCH3 is 1. The van der Waals surface area contributed by atoms with Gasteiger partial charge in [0.25, 0.3) is 5.91 Å². The molecule has 0 saturated carbocycles. The van der Waals surface area contributed by atoms with Crippen molar-refractivity contribution in [3.05, 3.63) is 53.8 Å². The van der Waals surface area contributed by atoms with Crippen molar-refractivity contribution in [1.82, 2.24) is 25.6 Å². The highest BCUT2D eigenvalue weighted by Gasteiger charge is 2.19. The van der Waals surface area contributed by atoms with Crippen LogP contribution in [0, 0.1) is 5.82 Å². The lowest BCUT2D eigenvalue weighted by Gasteiger charge is -2.27. The second kappa shape index (κ2) is 7.84. The maximum atomic E-state index is 14.2. The summed E-state index contributed by atoms with van der Waals surface area (Å²) < 4.78 is 24.6. The molecule has 1 aliphatic rings. The first-order chi connectivity index (χ1) is 15.1. The van der Waals surface area contributed by atoms with Crippen molar-refractivity contribution in [3.8, 4) is 28.5 Å². The van der Waals surface area contributed by atoms with Crippen molar-refractivity contribution in [2.24, 2.45) is 0 Å². The fraction of sp³-hybridized carbons (Fsp3) is 0.227. The minimum atomic E-state index is -0.484. The number of piperazine rings is 1. The smallest absolute Gasteiger partial charge is 0.253 e. The molecule has 0 bridgehead atoms. The van der Waals surface area contributed by atoms with E-state index < -0.39 is 5.82 Å². The first kappa shape index (κ1) is 19.3. The minimum absolute atomic E-state index is 0.0225. The number of hydrogen-bond acceptors (Lipinski definition) is 6. The number of hydrogen-bond donors (Lipinski definition) is 2. The lowest BCUT2D eigenvalue weighted by Crippen LogP contribution is -2.46. The summed E-state index contributed by atoms with van der Waals surface area (Å²) in [6, 6.07) is 11.9. The van der Waals surface area contributed by atoms with E-state index in [0.717, 1.165) is 18.7 Å². The predicted molar refractivity (Wildman–Crippen MR) is 112 cm³/mol. The third kappa shape index (κ3) is 3.53. The van der Waals surface area contributed by atoms with Gasteiger partial charge in [0.05, 0.1) is 12.6 Å². The summed E-state index contributed by atoms with van der Waals surface area (Å²) in [5.74, 6) is 0.0830. The number of rotatable bonds is 4. The Hall–Kier alpha value is -3.72. The van der Waals surface area contributed by atoms with Crippen molar-refractivity contribution in [3.63, 3.8) is 0 Å². The summed E-state index contributed by atoms with van der Waals surface area (Å²) in [4.78, 5) is 14.5. The van der Waals surface area contributed by atoms with Crippen molar-refractivity contribution >= 4 is 16.8 Å². The number of aromatic amines is 1. The van der Waals surface area contributed by atoms with Crippen LogP contribution in [0.3, 0.4) is 0 Å². The van der Waals surface area contributed by atoms with E-state index in [1.54, 1.807) is 24.3 Å². The first-order valence-corrected chi connectivity index (χ1v) is 9.93. The van der Waals surface area contributed by atoms with E-state index in [1.165, 1.54) is 13.2 Å². The molecule has 1 saturated heterocycles. The van der Waals surface area contributed by atoms with E-state index in [1.807, 2.05) is 17.0 Å². The van der Waals surface area contributed by atoms with Gasteiger partial charge in [-0.3, -0.25) is 9.89 Å². The van der Waals surface area contributed by atoms with Crippen LogP contribution in [0.1, 0.15) is 10.4 Å². The van der Waals surface area contributed by atoms with Crippen LogP contribution < -0.4 is 10.1 Å². The molecule has 0 spiro atoms. The Morgan fingerprint density at radius 3 is 2.68 bits per heavy atom. The number of fused-ring (bicyclic) bond motifs is 1. The third-order valence-electron chi connectivity index (χ3n) is 5.41. The van der Waals surface area contributed by atoms with Crippen LogP contribution in [-0.4, -0.2) is 59.4 Å². The lowest BCUT2D eigenvalue weighted by molar-refractivity contribution is 0.0736. The number of carbonyl (C=O) groups excluding carboxylic acids is 1. The van der Waals surface area contributed by atoms with Gasteiger partial charge in [-0.15, -0.1) is 0 Å². The Bertz CT molecular complexity index is 1240. The molecule has 0 unspecified atom stereocenters. The van der Waals surface area contributed by atoms with E-state index in [0.29, 0.717) is 46.7 Å². The predicted octanol–water partition coefficient (Wildman–Crippen LogP) is 3.08. The monoisotopic (exact) mass is 421 g/mol. The van der Waals surface area contributed by atoms with Gasteiger partial charge in [-0.1, -0.05) is 17.3 Å². The molecule has 4 aromatic rings. The normalized spacial score (nSPS) is 14.2. The fourth-order valence-corrected chi connectivity index (χ4v) is 3.72. The molecule has 1 aliphatic heterocycles. The van der Waals surface area contributed by atoms with Crippen molar-refractivity contribution in [2.75, 3.05) is 33.3 Å². The molecular formula is C22H20FN5O3. The van der Waals surface area contributed by atoms with E-state index in [9.17, 15) is 9.18 Å². The third-order valence-corrected chi connectivity index (χ3v) is 5.41. The topological polar surface area (TPSA) is 96.3 Å². The number of H-pyrrole nitrogens is 1. The summed E-state index contributed by atoms with van der Waals surface area (Å²) >= 11 is 0. The number of carbonyl (C=O) groups is 1. The number of nitrogens with zero attached hydrogens (tertiary/aromatic N) is 3. The van der Waals surface area contributed by atoms with Crippen molar-refractivity contribution < 1.29 is 18.4 Å². The highest BCUT2D eigenvalue weighted by Crippen LogP contribution is 2.32. The molecule has 0 aliphatic carbocycles. The zero-order valence-corrected chi connectivity index (χ0v) is 16.8. The van der Waals surface area contributed by atoms with Crippen LogP contribution in [0.15, 0.2) is 47.0 Å². The molecule has 2 aromatic carbocycles. The molecule has 31 heavy (non-hydrogen) atoms. The van der Waals surface area contributed by atoms with Crippen molar-refractivity contribution in [1.29, 1.82) is 0 Å². The average molecular weight is 421 g/mol. The Morgan fingerprint density at radius 2 is 1.94 bits per heavy atom. The summed E-state index contributed by atoms with van der Waals surface area (Å²) in [5.41, 5.74) is 3.13. The van der Waals surface area contributed by atoms with E-state index >= 15 is 0 Å². The number of ether oxygens (including phenoxy) is 1. The zero-order chi connectivity index (χ0) is 21.4. The maximum absolute atomic E-state index is 14.2. The molecule has 1 amide bonds. The summed E-state index contributed by atoms with van der Waals surface area (Å²) in [6.07, 6.45) is 0. The molecule has 9 heteroatoms. The largest absolute Gasteiger partial charge is 0.494 e. The molecule has 158 valence electrons. The standard InChI is InChI=1S/C22H20FN5O3/c1-30-19-12-18-15(10-16(19)23)21(26-25-18)20-11-17(27-31-20)13-2-4-14(5-3-13)22(29)28-8-6-24-7-9-28/h2-5,10-12,24H,6-9H2,1H3,(H,25,26).